The molecular weight excluding hydrogens is 246 g/mol. The maximum absolute atomic E-state index is 5.95. The van der Waals surface area contributed by atoms with E-state index >= 15 is 0 Å². The maximum Gasteiger partial charge on any atom is 0.130 e. The van der Waals surface area contributed by atoms with Crippen molar-refractivity contribution in [3.05, 3.63) is 59.2 Å². The molecule has 0 aliphatic rings. The average Bonchev–Trinajstić information content (AvgIpc) is 2.39. The van der Waals surface area contributed by atoms with Gasteiger partial charge in [0.1, 0.15) is 11.5 Å². The highest BCUT2D eigenvalue weighted by atomic mass is 16.5. The predicted octanol–water partition coefficient (Wildman–Crippen LogP) is 4.59. The first-order valence-corrected chi connectivity index (χ1v) is 7.12. The third-order valence-electron chi connectivity index (χ3n) is 3.17. The number of benzene rings is 2. The van der Waals surface area contributed by atoms with E-state index < -0.39 is 0 Å². The van der Waals surface area contributed by atoms with Crippen LogP contribution in [0.15, 0.2) is 42.5 Å². The van der Waals surface area contributed by atoms with E-state index in [0.29, 0.717) is 6.04 Å². The average molecular weight is 269 g/mol. The van der Waals surface area contributed by atoms with Gasteiger partial charge in [0, 0.05) is 12.6 Å². The lowest BCUT2D eigenvalue weighted by Crippen LogP contribution is -2.21. The van der Waals surface area contributed by atoms with Gasteiger partial charge in [-0.15, -0.1) is 0 Å². The molecule has 0 saturated carbocycles. The van der Waals surface area contributed by atoms with Crippen LogP contribution < -0.4 is 10.1 Å². The van der Waals surface area contributed by atoms with Crippen molar-refractivity contribution in [2.24, 2.45) is 0 Å². The summed E-state index contributed by atoms with van der Waals surface area (Å²) >= 11 is 0. The van der Waals surface area contributed by atoms with E-state index in [1.54, 1.807) is 0 Å². The maximum atomic E-state index is 5.95. The van der Waals surface area contributed by atoms with Gasteiger partial charge in [-0.05, 0) is 48.7 Å². The van der Waals surface area contributed by atoms with E-state index in [2.05, 4.69) is 57.3 Å². The zero-order valence-electron chi connectivity index (χ0n) is 12.7. The highest BCUT2D eigenvalue weighted by molar-refractivity contribution is 5.40. The molecule has 0 bridgehead atoms. The topological polar surface area (TPSA) is 21.3 Å². The van der Waals surface area contributed by atoms with Crippen LogP contribution in [0.4, 0.5) is 0 Å². The van der Waals surface area contributed by atoms with Crippen LogP contribution in [0.1, 0.15) is 30.5 Å². The molecule has 1 N–H and O–H groups in total. The smallest absolute Gasteiger partial charge is 0.130 e. The van der Waals surface area contributed by atoms with E-state index in [4.69, 9.17) is 4.74 Å². The lowest BCUT2D eigenvalue weighted by molar-refractivity contribution is 0.478. The van der Waals surface area contributed by atoms with Crippen molar-refractivity contribution in [3.63, 3.8) is 0 Å². The molecular formula is C18H23NO. The first-order chi connectivity index (χ1) is 9.54. The minimum atomic E-state index is 0.499. The lowest BCUT2D eigenvalue weighted by Gasteiger charge is -2.12. The Kier molecular flexibility index (Phi) is 4.80. The quantitative estimate of drug-likeness (QED) is 0.857. The minimum absolute atomic E-state index is 0.499. The zero-order valence-corrected chi connectivity index (χ0v) is 12.7. The number of hydrogen-bond donors (Lipinski definition) is 1. The molecule has 0 aliphatic carbocycles. The molecule has 0 aliphatic heterocycles. The largest absolute Gasteiger partial charge is 0.457 e. The molecule has 0 spiro atoms. The summed E-state index contributed by atoms with van der Waals surface area (Å²) in [6.07, 6.45) is 0. The number of ether oxygens (including phenoxy) is 1. The lowest BCUT2D eigenvalue weighted by atomic mass is 10.1. The number of hydrogen-bond acceptors (Lipinski definition) is 2. The highest BCUT2D eigenvalue weighted by Crippen LogP contribution is 2.26. The third kappa shape index (κ3) is 4.10. The number of aryl methyl sites for hydroxylation is 2. The summed E-state index contributed by atoms with van der Waals surface area (Å²) in [5.41, 5.74) is 3.65. The van der Waals surface area contributed by atoms with Crippen molar-refractivity contribution < 1.29 is 4.74 Å². The van der Waals surface area contributed by atoms with Crippen molar-refractivity contribution in [1.29, 1.82) is 0 Å². The van der Waals surface area contributed by atoms with Gasteiger partial charge in [-0.2, -0.15) is 0 Å². The first-order valence-electron chi connectivity index (χ1n) is 7.12. The van der Waals surface area contributed by atoms with Gasteiger partial charge in [0.2, 0.25) is 0 Å². The molecule has 2 nitrogen and oxygen atoms in total. The first kappa shape index (κ1) is 14.6. The molecule has 0 atom stereocenters. The summed E-state index contributed by atoms with van der Waals surface area (Å²) in [6, 6.07) is 15.0. The summed E-state index contributed by atoms with van der Waals surface area (Å²) in [7, 11) is 0. The van der Waals surface area contributed by atoms with Crippen LogP contribution in [0.25, 0.3) is 0 Å². The number of nitrogens with one attached hydrogen (secondary N) is 1. The van der Waals surface area contributed by atoms with E-state index in [1.807, 2.05) is 18.2 Å². The van der Waals surface area contributed by atoms with Crippen LogP contribution in [0, 0.1) is 13.8 Å². The Hall–Kier alpha value is -1.80. The summed E-state index contributed by atoms with van der Waals surface area (Å²) in [4.78, 5) is 0. The summed E-state index contributed by atoms with van der Waals surface area (Å²) in [5, 5.41) is 3.42. The molecule has 2 aromatic carbocycles. The van der Waals surface area contributed by atoms with Crippen molar-refractivity contribution in [1.82, 2.24) is 5.32 Å². The fourth-order valence-corrected chi connectivity index (χ4v) is 2.06. The van der Waals surface area contributed by atoms with Crippen molar-refractivity contribution in [2.75, 3.05) is 0 Å². The second-order valence-corrected chi connectivity index (χ2v) is 5.55. The molecule has 0 amide bonds. The number of rotatable bonds is 5. The summed E-state index contributed by atoms with van der Waals surface area (Å²) < 4.78 is 5.95. The molecule has 0 aromatic heterocycles. The Morgan fingerprint density at radius 3 is 2.50 bits per heavy atom. The second-order valence-electron chi connectivity index (χ2n) is 5.55. The monoisotopic (exact) mass is 269 g/mol. The van der Waals surface area contributed by atoms with Crippen LogP contribution in [0.3, 0.4) is 0 Å². The van der Waals surface area contributed by atoms with Gasteiger partial charge in [0.25, 0.3) is 0 Å². The van der Waals surface area contributed by atoms with Gasteiger partial charge >= 0.3 is 0 Å². The van der Waals surface area contributed by atoms with Crippen LogP contribution in [-0.4, -0.2) is 6.04 Å². The molecule has 0 unspecified atom stereocenters. The van der Waals surface area contributed by atoms with Gasteiger partial charge in [-0.25, -0.2) is 0 Å². The fraction of sp³-hybridized carbons (Fsp3) is 0.333. The summed E-state index contributed by atoms with van der Waals surface area (Å²) in [6.45, 7) is 9.36. The van der Waals surface area contributed by atoms with Crippen LogP contribution in [-0.2, 0) is 6.54 Å². The van der Waals surface area contributed by atoms with Gasteiger partial charge < -0.3 is 10.1 Å². The fourth-order valence-electron chi connectivity index (χ4n) is 2.06. The molecule has 2 aromatic rings. The SMILES string of the molecule is Cc1cccc(Oc2ccc(CNC(C)C)cc2C)c1. The molecule has 106 valence electrons. The van der Waals surface area contributed by atoms with Crippen LogP contribution >= 0.6 is 0 Å². The molecule has 0 fully saturated rings. The van der Waals surface area contributed by atoms with Gasteiger partial charge in [-0.3, -0.25) is 0 Å². The Morgan fingerprint density at radius 1 is 1.05 bits per heavy atom. The molecule has 20 heavy (non-hydrogen) atoms. The van der Waals surface area contributed by atoms with E-state index in [9.17, 15) is 0 Å². The molecule has 0 saturated heterocycles. The molecule has 0 radical (unpaired) electrons. The Morgan fingerprint density at radius 2 is 1.85 bits per heavy atom. The third-order valence-corrected chi connectivity index (χ3v) is 3.17. The standard InChI is InChI=1S/C18H23NO/c1-13(2)19-12-16-8-9-18(15(4)11-16)20-17-7-5-6-14(3)10-17/h5-11,13,19H,12H2,1-4H3. The van der Waals surface area contributed by atoms with Crippen LogP contribution in [0.2, 0.25) is 0 Å². The minimum Gasteiger partial charge on any atom is -0.457 e. The highest BCUT2D eigenvalue weighted by Gasteiger charge is 2.04. The van der Waals surface area contributed by atoms with Crippen LogP contribution in [0.5, 0.6) is 11.5 Å². The van der Waals surface area contributed by atoms with E-state index in [-0.39, 0.29) is 0 Å². The van der Waals surface area contributed by atoms with Crippen molar-refractivity contribution in [2.45, 2.75) is 40.3 Å². The Bertz CT molecular complexity index is 575. The van der Waals surface area contributed by atoms with Crippen molar-refractivity contribution in [3.8, 4) is 11.5 Å². The van der Waals surface area contributed by atoms with E-state index in [0.717, 1.165) is 23.6 Å². The molecule has 2 heteroatoms. The van der Waals surface area contributed by atoms with E-state index in [1.165, 1.54) is 11.1 Å². The zero-order chi connectivity index (χ0) is 14.5. The van der Waals surface area contributed by atoms with Crippen molar-refractivity contribution >= 4 is 0 Å². The molecule has 2 rings (SSSR count). The van der Waals surface area contributed by atoms with Gasteiger partial charge in [0.15, 0.2) is 0 Å². The molecule has 0 heterocycles. The second kappa shape index (κ2) is 6.58. The predicted molar refractivity (Wildman–Crippen MR) is 84.4 cm³/mol. The Balaban J connectivity index is 2.09. The van der Waals surface area contributed by atoms with Gasteiger partial charge in [-0.1, -0.05) is 38.1 Å². The Labute approximate surface area is 121 Å². The van der Waals surface area contributed by atoms with Gasteiger partial charge in [0.05, 0.1) is 0 Å². The normalized spacial score (nSPS) is 10.8. The summed E-state index contributed by atoms with van der Waals surface area (Å²) in [5.74, 6) is 1.81.